The number of methoxy groups -OCH3 is 2. The lowest BCUT2D eigenvalue weighted by Gasteiger charge is -2.38. The van der Waals surface area contributed by atoms with Crippen molar-refractivity contribution in [1.29, 1.82) is 0 Å². The number of ether oxygens (including phenoxy) is 3. The van der Waals surface area contributed by atoms with Crippen LogP contribution in [0.1, 0.15) is 31.9 Å². The summed E-state index contributed by atoms with van der Waals surface area (Å²) < 4.78 is 89.3. The average molecular weight is 646 g/mol. The van der Waals surface area contributed by atoms with Crippen molar-refractivity contribution in [2.45, 2.75) is 69.6 Å². The number of nitrogens with zero attached hydrogens (tertiary/aromatic N) is 1. The number of hydrogen-bond donors (Lipinski definition) is 0. The fraction of sp³-hybridized carbons (Fsp3) is 0.500. The number of carbonyl (C=O) groups is 1. The van der Waals surface area contributed by atoms with Crippen molar-refractivity contribution in [3.05, 3.63) is 77.9 Å². The molecule has 13 heteroatoms. The maximum absolute atomic E-state index is 13.8. The van der Waals surface area contributed by atoms with Gasteiger partial charge in [0.15, 0.2) is 8.32 Å². The van der Waals surface area contributed by atoms with E-state index >= 15 is 0 Å². The Morgan fingerprint density at radius 3 is 2.09 bits per heavy atom. The second-order valence-electron chi connectivity index (χ2n) is 11.5. The third-order valence-corrected chi connectivity index (χ3v) is 13.4. The molecule has 2 aromatic rings. The number of halogens is 3. The number of hydrogen-bond acceptors (Lipinski definition) is 7. The van der Waals surface area contributed by atoms with Crippen LogP contribution in [-0.2, 0) is 41.7 Å². The van der Waals surface area contributed by atoms with Crippen LogP contribution < -0.4 is 4.74 Å². The molecule has 240 valence electrons. The molecule has 0 radical (unpaired) electrons. The Hall–Kier alpha value is -2.71. The van der Waals surface area contributed by atoms with Gasteiger partial charge in [-0.05, 0) is 47.8 Å². The standard InChI is InChI=1S/C30H42F3NO7SSi/c1-29(2,3)43(6,7)41-26(22-40-21-24-15-17-25(38-4)18-16-24)14-11-19-34(42(36,37)30(31,32)33)27(28(35)39-5)20-23-12-9-8-10-13-23/h8-18,26-27H,19-22H2,1-7H3/b14-11+/t26-,27+/m1/s1. The van der Waals surface area contributed by atoms with E-state index in [-0.39, 0.29) is 29.0 Å². The minimum atomic E-state index is -5.92. The first-order valence-corrected chi connectivity index (χ1v) is 18.0. The molecule has 0 spiro atoms. The monoisotopic (exact) mass is 645 g/mol. The van der Waals surface area contributed by atoms with Crippen LogP contribution >= 0.6 is 0 Å². The summed E-state index contributed by atoms with van der Waals surface area (Å²) in [7, 11) is -5.74. The zero-order chi connectivity index (χ0) is 32.5. The summed E-state index contributed by atoms with van der Waals surface area (Å²) in [5.74, 6) is -0.413. The molecule has 0 saturated carbocycles. The number of sulfonamides is 1. The molecule has 0 saturated heterocycles. The van der Waals surface area contributed by atoms with Crippen LogP contribution in [0, 0.1) is 0 Å². The van der Waals surface area contributed by atoms with Gasteiger partial charge in [0.25, 0.3) is 0 Å². The van der Waals surface area contributed by atoms with Gasteiger partial charge in [-0.2, -0.15) is 17.5 Å². The van der Waals surface area contributed by atoms with Crippen molar-refractivity contribution in [3.63, 3.8) is 0 Å². The van der Waals surface area contributed by atoms with E-state index < -0.39 is 48.5 Å². The van der Waals surface area contributed by atoms with Crippen LogP contribution in [0.3, 0.4) is 0 Å². The Morgan fingerprint density at radius 1 is 0.977 bits per heavy atom. The lowest BCUT2D eigenvalue weighted by Crippen LogP contribution is -2.51. The topological polar surface area (TPSA) is 91.4 Å². The van der Waals surface area contributed by atoms with Gasteiger partial charge in [0, 0.05) is 6.54 Å². The van der Waals surface area contributed by atoms with Crippen LogP contribution in [-0.4, -0.2) is 72.0 Å². The molecule has 0 aliphatic carbocycles. The van der Waals surface area contributed by atoms with Crippen molar-refractivity contribution in [3.8, 4) is 5.75 Å². The SMILES string of the molecule is COC(=O)[C@H](Cc1ccccc1)N(C/C=C/[C@H](COCc1ccc(OC)cc1)O[Si](C)(C)C(C)(C)C)S(=O)(=O)C(F)(F)F. The third kappa shape index (κ3) is 10.5. The van der Waals surface area contributed by atoms with E-state index in [1.807, 2.05) is 46.0 Å². The van der Waals surface area contributed by atoms with Crippen molar-refractivity contribution in [1.82, 2.24) is 4.31 Å². The van der Waals surface area contributed by atoms with E-state index in [0.29, 0.717) is 11.3 Å². The first kappa shape index (κ1) is 36.5. The molecule has 0 aromatic heterocycles. The molecule has 2 atom stereocenters. The van der Waals surface area contributed by atoms with Crippen molar-refractivity contribution in [2.24, 2.45) is 0 Å². The first-order chi connectivity index (χ1) is 19.9. The molecule has 0 amide bonds. The fourth-order valence-electron chi connectivity index (χ4n) is 3.82. The molecule has 0 unspecified atom stereocenters. The number of benzene rings is 2. The van der Waals surface area contributed by atoms with Crippen LogP contribution in [0.15, 0.2) is 66.7 Å². The predicted octanol–water partition coefficient (Wildman–Crippen LogP) is 6.09. The quantitative estimate of drug-likeness (QED) is 0.131. The Balaban J connectivity index is 2.37. The van der Waals surface area contributed by atoms with E-state index in [0.717, 1.165) is 12.7 Å². The average Bonchev–Trinajstić information content (AvgIpc) is 2.93. The molecule has 0 fully saturated rings. The molecule has 2 rings (SSSR count). The molecule has 0 aliphatic heterocycles. The van der Waals surface area contributed by atoms with Gasteiger partial charge in [-0.1, -0.05) is 75.4 Å². The Labute approximate surface area is 254 Å². The second kappa shape index (κ2) is 15.3. The van der Waals surface area contributed by atoms with Crippen LogP contribution in [0.2, 0.25) is 18.1 Å². The van der Waals surface area contributed by atoms with Crippen molar-refractivity contribution in [2.75, 3.05) is 27.4 Å². The van der Waals surface area contributed by atoms with E-state index in [1.165, 1.54) is 12.2 Å². The molecule has 8 nitrogen and oxygen atoms in total. The van der Waals surface area contributed by atoms with Crippen LogP contribution in [0.4, 0.5) is 13.2 Å². The summed E-state index contributed by atoms with van der Waals surface area (Å²) in [6, 6.07) is 13.7. The minimum absolute atomic E-state index is 0.0610. The van der Waals surface area contributed by atoms with Crippen molar-refractivity contribution < 1.29 is 45.0 Å². The van der Waals surface area contributed by atoms with E-state index in [4.69, 9.17) is 18.6 Å². The zero-order valence-electron chi connectivity index (χ0n) is 25.7. The summed E-state index contributed by atoms with van der Waals surface area (Å²) in [5, 5.41) is -0.188. The fourth-order valence-corrected chi connectivity index (χ4v) is 6.12. The summed E-state index contributed by atoms with van der Waals surface area (Å²) in [6.45, 7) is 9.72. The first-order valence-electron chi connectivity index (χ1n) is 13.7. The number of carbonyl (C=O) groups excluding carboxylic acids is 1. The molecule has 0 aliphatic rings. The van der Waals surface area contributed by atoms with Gasteiger partial charge in [0.2, 0.25) is 0 Å². The molecular formula is C30H42F3NO7SSi. The van der Waals surface area contributed by atoms with Gasteiger partial charge in [-0.25, -0.2) is 8.42 Å². The summed E-state index contributed by atoms with van der Waals surface area (Å²) in [6.07, 6.45) is 1.74. The van der Waals surface area contributed by atoms with E-state index in [1.54, 1.807) is 49.6 Å². The highest BCUT2D eigenvalue weighted by Gasteiger charge is 2.53. The van der Waals surface area contributed by atoms with Gasteiger partial charge in [-0.3, -0.25) is 4.79 Å². The summed E-state index contributed by atoms with van der Waals surface area (Å²) in [5.41, 5.74) is -4.29. The highest BCUT2D eigenvalue weighted by molar-refractivity contribution is 7.90. The van der Waals surface area contributed by atoms with Gasteiger partial charge >= 0.3 is 21.5 Å². The van der Waals surface area contributed by atoms with Crippen LogP contribution in [0.25, 0.3) is 0 Å². The molecule has 43 heavy (non-hydrogen) atoms. The highest BCUT2D eigenvalue weighted by atomic mass is 32.2. The maximum atomic E-state index is 13.8. The summed E-state index contributed by atoms with van der Waals surface area (Å²) in [4.78, 5) is 12.7. The third-order valence-electron chi connectivity index (χ3n) is 7.29. The van der Waals surface area contributed by atoms with E-state index in [9.17, 15) is 26.4 Å². The molecule has 0 bridgehead atoms. The second-order valence-corrected chi connectivity index (χ2v) is 18.1. The minimum Gasteiger partial charge on any atom is -0.497 e. The zero-order valence-corrected chi connectivity index (χ0v) is 27.5. The number of rotatable bonds is 15. The maximum Gasteiger partial charge on any atom is 0.511 e. The normalized spacial score (nSPS) is 14.6. The van der Waals surface area contributed by atoms with Gasteiger partial charge < -0.3 is 18.6 Å². The lowest BCUT2D eigenvalue weighted by molar-refractivity contribution is -0.145. The molecule has 2 aromatic carbocycles. The molecule has 0 N–H and O–H groups in total. The Bertz CT molecular complexity index is 1300. The van der Waals surface area contributed by atoms with Gasteiger partial charge in [0.05, 0.1) is 33.5 Å². The smallest absolute Gasteiger partial charge is 0.497 e. The Morgan fingerprint density at radius 2 is 1.58 bits per heavy atom. The number of esters is 1. The van der Waals surface area contributed by atoms with Crippen LogP contribution in [0.5, 0.6) is 5.75 Å². The van der Waals surface area contributed by atoms with Gasteiger partial charge in [-0.15, -0.1) is 0 Å². The van der Waals surface area contributed by atoms with E-state index in [2.05, 4.69) is 0 Å². The lowest BCUT2D eigenvalue weighted by atomic mass is 10.1. The van der Waals surface area contributed by atoms with Crippen molar-refractivity contribution >= 4 is 24.3 Å². The largest absolute Gasteiger partial charge is 0.511 e. The predicted molar refractivity (Wildman–Crippen MR) is 161 cm³/mol. The summed E-state index contributed by atoms with van der Waals surface area (Å²) >= 11 is 0. The molecular weight excluding hydrogens is 603 g/mol. The van der Waals surface area contributed by atoms with Gasteiger partial charge in [0.1, 0.15) is 11.8 Å². The number of alkyl halides is 3. The Kier molecular flexibility index (Phi) is 13.0. The molecule has 0 heterocycles. The highest BCUT2D eigenvalue weighted by Crippen LogP contribution is 2.37.